The summed E-state index contributed by atoms with van der Waals surface area (Å²) in [4.78, 5) is 12.1. The summed E-state index contributed by atoms with van der Waals surface area (Å²) < 4.78 is 5.50. The van der Waals surface area contributed by atoms with Gasteiger partial charge in [-0.2, -0.15) is 5.10 Å². The minimum atomic E-state index is -0.427. The number of hydrogen-bond donors (Lipinski definition) is 1. The second kappa shape index (κ2) is 8.57. The Morgan fingerprint density at radius 3 is 2.34 bits per heavy atom. The largest absolute Gasteiger partial charge is 0.449 e. The summed E-state index contributed by atoms with van der Waals surface area (Å²) >= 11 is 0. The molecule has 4 rings (SSSR count). The predicted octanol–water partition coefficient (Wildman–Crippen LogP) is 4.07. The first-order valence-corrected chi connectivity index (χ1v) is 9.60. The maximum absolute atomic E-state index is 12.1. The molecule has 0 aliphatic heterocycles. The van der Waals surface area contributed by atoms with E-state index >= 15 is 0 Å². The highest BCUT2D eigenvalue weighted by atomic mass is 16.5. The molecule has 0 fully saturated rings. The maximum atomic E-state index is 12.1. The summed E-state index contributed by atoms with van der Waals surface area (Å²) in [6.45, 7) is 2.61. The van der Waals surface area contributed by atoms with E-state index < -0.39 is 6.09 Å². The number of fused-ring (bicyclic) bond motifs is 3. The van der Waals surface area contributed by atoms with E-state index in [1.165, 1.54) is 22.3 Å². The standard InChI is InChI=1S/C24H21N3O2/c1-17-13-14-18(27-26-17)8-6-7-15-25-24(28)29-16-23-21-11-4-2-9-19(21)20-10-3-5-12-22(20)23/h2-5,9-14,23H,7,15-16H2,1H3,(H,25,28). The van der Waals surface area contributed by atoms with Crippen molar-refractivity contribution in [3.8, 4) is 23.0 Å². The highest BCUT2D eigenvalue weighted by Gasteiger charge is 2.28. The molecule has 3 aromatic rings. The van der Waals surface area contributed by atoms with Crippen LogP contribution >= 0.6 is 0 Å². The zero-order valence-electron chi connectivity index (χ0n) is 16.2. The molecule has 1 aromatic heterocycles. The van der Waals surface area contributed by atoms with Crippen LogP contribution in [0.25, 0.3) is 11.1 Å². The van der Waals surface area contributed by atoms with E-state index in [4.69, 9.17) is 4.74 Å². The van der Waals surface area contributed by atoms with Crippen molar-refractivity contribution in [3.05, 3.63) is 83.2 Å². The van der Waals surface area contributed by atoms with Gasteiger partial charge in [0.1, 0.15) is 12.3 Å². The molecule has 1 N–H and O–H groups in total. The number of carbonyl (C=O) groups is 1. The SMILES string of the molecule is Cc1ccc(C#CCCNC(=O)OCC2c3ccccc3-c3ccccc32)nn1. The van der Waals surface area contributed by atoms with Gasteiger partial charge in [-0.1, -0.05) is 54.5 Å². The Balaban J connectivity index is 1.29. The van der Waals surface area contributed by atoms with Crippen LogP contribution in [-0.2, 0) is 4.74 Å². The van der Waals surface area contributed by atoms with Crippen molar-refractivity contribution in [3.63, 3.8) is 0 Å². The van der Waals surface area contributed by atoms with Crippen molar-refractivity contribution >= 4 is 6.09 Å². The fourth-order valence-electron chi connectivity index (χ4n) is 3.50. The Labute approximate surface area is 170 Å². The number of carbonyl (C=O) groups excluding carboxylic acids is 1. The minimum Gasteiger partial charge on any atom is -0.449 e. The molecule has 0 spiro atoms. The van der Waals surface area contributed by atoms with E-state index in [-0.39, 0.29) is 5.92 Å². The first-order chi connectivity index (χ1) is 14.2. The Morgan fingerprint density at radius 2 is 1.69 bits per heavy atom. The van der Waals surface area contributed by atoms with Gasteiger partial charge in [-0.15, -0.1) is 5.10 Å². The Kier molecular flexibility index (Phi) is 5.53. The number of aromatic nitrogens is 2. The van der Waals surface area contributed by atoms with Crippen molar-refractivity contribution in [2.45, 2.75) is 19.3 Å². The number of nitrogens with one attached hydrogen (secondary N) is 1. The molecule has 5 nitrogen and oxygen atoms in total. The van der Waals surface area contributed by atoms with Gasteiger partial charge >= 0.3 is 6.09 Å². The topological polar surface area (TPSA) is 64.1 Å². The van der Waals surface area contributed by atoms with Crippen LogP contribution in [0.1, 0.15) is 34.9 Å². The quantitative estimate of drug-likeness (QED) is 0.545. The van der Waals surface area contributed by atoms with E-state index in [1.807, 2.05) is 43.3 Å². The van der Waals surface area contributed by atoms with E-state index in [2.05, 4.69) is 51.6 Å². The lowest BCUT2D eigenvalue weighted by Gasteiger charge is -2.14. The lowest BCUT2D eigenvalue weighted by molar-refractivity contribution is 0.143. The molecule has 0 saturated carbocycles. The Hall–Kier alpha value is -3.65. The van der Waals surface area contributed by atoms with Gasteiger partial charge in [0.25, 0.3) is 0 Å². The second-order valence-electron chi connectivity index (χ2n) is 6.86. The number of nitrogens with zero attached hydrogens (tertiary/aromatic N) is 2. The van der Waals surface area contributed by atoms with Crippen LogP contribution in [0.3, 0.4) is 0 Å². The lowest BCUT2D eigenvalue weighted by Crippen LogP contribution is -2.26. The van der Waals surface area contributed by atoms with Crippen LogP contribution in [0.5, 0.6) is 0 Å². The van der Waals surface area contributed by atoms with Gasteiger partial charge in [0.2, 0.25) is 0 Å². The van der Waals surface area contributed by atoms with Crippen molar-refractivity contribution in [1.82, 2.24) is 15.5 Å². The molecule has 0 unspecified atom stereocenters. The Morgan fingerprint density at radius 1 is 1.00 bits per heavy atom. The molecular weight excluding hydrogens is 362 g/mol. The maximum Gasteiger partial charge on any atom is 0.407 e. The van der Waals surface area contributed by atoms with Gasteiger partial charge in [0.15, 0.2) is 0 Å². The van der Waals surface area contributed by atoms with Crippen molar-refractivity contribution in [2.75, 3.05) is 13.2 Å². The molecule has 0 atom stereocenters. The molecule has 0 radical (unpaired) electrons. The van der Waals surface area contributed by atoms with Crippen LogP contribution in [0.2, 0.25) is 0 Å². The number of alkyl carbamates (subject to hydrolysis) is 1. The van der Waals surface area contributed by atoms with Crippen LogP contribution in [0.4, 0.5) is 4.79 Å². The number of rotatable bonds is 4. The number of hydrogen-bond acceptors (Lipinski definition) is 4. The zero-order chi connectivity index (χ0) is 20.1. The molecule has 144 valence electrons. The van der Waals surface area contributed by atoms with Gasteiger partial charge in [-0.3, -0.25) is 0 Å². The molecule has 0 saturated heterocycles. The van der Waals surface area contributed by atoms with E-state index in [1.54, 1.807) is 0 Å². The third kappa shape index (κ3) is 4.27. The fourth-order valence-corrected chi connectivity index (χ4v) is 3.50. The van der Waals surface area contributed by atoms with Crippen LogP contribution in [0, 0.1) is 18.8 Å². The van der Waals surface area contributed by atoms with E-state index in [0.717, 1.165) is 5.69 Å². The smallest absolute Gasteiger partial charge is 0.407 e. The van der Waals surface area contributed by atoms with Gasteiger partial charge < -0.3 is 10.1 Å². The molecule has 29 heavy (non-hydrogen) atoms. The van der Waals surface area contributed by atoms with Crippen LogP contribution < -0.4 is 5.32 Å². The summed E-state index contributed by atoms with van der Waals surface area (Å²) in [5, 5.41) is 10.7. The molecular formula is C24H21N3O2. The average molecular weight is 383 g/mol. The van der Waals surface area contributed by atoms with E-state index in [0.29, 0.717) is 25.3 Å². The molecule has 1 aliphatic carbocycles. The molecule has 2 aromatic carbocycles. The van der Waals surface area contributed by atoms with Gasteiger partial charge in [0, 0.05) is 18.9 Å². The van der Waals surface area contributed by atoms with Crippen molar-refractivity contribution in [1.29, 1.82) is 0 Å². The van der Waals surface area contributed by atoms with E-state index in [9.17, 15) is 4.79 Å². The van der Waals surface area contributed by atoms with Gasteiger partial charge in [0.05, 0.1) is 5.69 Å². The highest BCUT2D eigenvalue weighted by Crippen LogP contribution is 2.44. The summed E-state index contributed by atoms with van der Waals surface area (Å²) in [7, 11) is 0. The number of amides is 1. The minimum absolute atomic E-state index is 0.0630. The molecule has 1 amide bonds. The highest BCUT2D eigenvalue weighted by molar-refractivity contribution is 5.79. The third-order valence-electron chi connectivity index (χ3n) is 4.88. The average Bonchev–Trinajstić information content (AvgIpc) is 3.07. The first kappa shape index (κ1) is 18.7. The number of ether oxygens (including phenoxy) is 1. The summed E-state index contributed by atoms with van der Waals surface area (Å²) in [5.74, 6) is 5.97. The molecule has 0 bridgehead atoms. The van der Waals surface area contributed by atoms with Gasteiger partial charge in [-0.05, 0) is 47.2 Å². The normalized spacial score (nSPS) is 11.8. The second-order valence-corrected chi connectivity index (χ2v) is 6.86. The summed E-state index contributed by atoms with van der Waals surface area (Å²) in [5.41, 5.74) is 6.31. The predicted molar refractivity (Wildman–Crippen MR) is 111 cm³/mol. The fraction of sp³-hybridized carbons (Fsp3) is 0.208. The lowest BCUT2D eigenvalue weighted by atomic mass is 9.98. The first-order valence-electron chi connectivity index (χ1n) is 9.60. The van der Waals surface area contributed by atoms with Gasteiger partial charge in [-0.25, -0.2) is 4.79 Å². The van der Waals surface area contributed by atoms with Crippen LogP contribution in [0.15, 0.2) is 60.7 Å². The summed E-state index contributed by atoms with van der Waals surface area (Å²) in [6, 6.07) is 20.2. The summed E-state index contributed by atoms with van der Waals surface area (Å²) in [6.07, 6.45) is 0.0866. The Bertz CT molecular complexity index is 1040. The molecule has 1 heterocycles. The number of benzene rings is 2. The van der Waals surface area contributed by atoms with Crippen LogP contribution in [-0.4, -0.2) is 29.4 Å². The molecule has 5 heteroatoms. The van der Waals surface area contributed by atoms with Crippen molar-refractivity contribution < 1.29 is 9.53 Å². The number of aryl methyl sites for hydroxylation is 1. The molecule has 1 aliphatic rings. The zero-order valence-corrected chi connectivity index (χ0v) is 16.2. The monoisotopic (exact) mass is 383 g/mol. The third-order valence-corrected chi connectivity index (χ3v) is 4.88. The van der Waals surface area contributed by atoms with Crippen molar-refractivity contribution in [2.24, 2.45) is 0 Å².